The number of ether oxygens (including phenoxy) is 2. The number of hydrogen-bond donors (Lipinski definition) is 1. The average Bonchev–Trinajstić information content (AvgIpc) is 3.42. The second-order valence-electron chi connectivity index (χ2n) is 7.92. The summed E-state index contributed by atoms with van der Waals surface area (Å²) in [6.07, 6.45) is 2.42. The summed E-state index contributed by atoms with van der Waals surface area (Å²) in [4.78, 5) is 17.5. The van der Waals surface area contributed by atoms with E-state index in [1.807, 2.05) is 36.4 Å². The van der Waals surface area contributed by atoms with Gasteiger partial charge in [-0.1, -0.05) is 30.3 Å². The first-order chi connectivity index (χ1) is 15.6. The molecule has 1 amide bonds. The van der Waals surface area contributed by atoms with Gasteiger partial charge in [0.15, 0.2) is 23.0 Å². The Morgan fingerprint density at radius 1 is 1.06 bits per heavy atom. The smallest absolute Gasteiger partial charge is 0.251 e. The Morgan fingerprint density at radius 2 is 1.91 bits per heavy atom. The molecule has 1 aliphatic carbocycles. The summed E-state index contributed by atoms with van der Waals surface area (Å²) in [6.45, 7) is 0. The summed E-state index contributed by atoms with van der Waals surface area (Å²) < 4.78 is 16.6. The number of carbonyl (C=O) groups is 1. The molecule has 0 saturated heterocycles. The van der Waals surface area contributed by atoms with E-state index in [4.69, 9.17) is 13.9 Å². The lowest BCUT2D eigenvalue weighted by atomic mass is 10.1. The highest BCUT2D eigenvalue weighted by atomic mass is 16.5. The molecule has 1 heterocycles. The lowest BCUT2D eigenvalue weighted by Crippen LogP contribution is -2.27. The first-order valence-corrected chi connectivity index (χ1v) is 10.6. The van der Waals surface area contributed by atoms with Crippen molar-refractivity contribution in [2.45, 2.75) is 25.3 Å². The maximum atomic E-state index is 12.9. The van der Waals surface area contributed by atoms with E-state index in [0.717, 1.165) is 23.9 Å². The van der Waals surface area contributed by atoms with Gasteiger partial charge in [0.25, 0.3) is 5.91 Å². The monoisotopic (exact) mass is 428 g/mol. The van der Waals surface area contributed by atoms with Crippen molar-refractivity contribution in [2.24, 2.45) is 0 Å². The van der Waals surface area contributed by atoms with Crippen LogP contribution in [0.5, 0.6) is 11.5 Å². The summed E-state index contributed by atoms with van der Waals surface area (Å²) in [6, 6.07) is 19.4. The van der Waals surface area contributed by atoms with E-state index in [9.17, 15) is 4.79 Å². The van der Waals surface area contributed by atoms with Gasteiger partial charge in [0, 0.05) is 12.0 Å². The van der Waals surface area contributed by atoms with Gasteiger partial charge < -0.3 is 19.2 Å². The summed E-state index contributed by atoms with van der Waals surface area (Å²) in [7, 11) is 3.22. The van der Waals surface area contributed by atoms with Gasteiger partial charge in [-0.2, -0.15) is 0 Å². The highest BCUT2D eigenvalue weighted by molar-refractivity contribution is 5.97. The Hall–Kier alpha value is -3.80. The van der Waals surface area contributed by atoms with Crippen molar-refractivity contribution in [1.82, 2.24) is 10.3 Å². The van der Waals surface area contributed by atoms with Crippen molar-refractivity contribution in [3.05, 3.63) is 88.8 Å². The predicted molar refractivity (Wildman–Crippen MR) is 121 cm³/mol. The fourth-order valence-electron chi connectivity index (χ4n) is 4.30. The average molecular weight is 428 g/mol. The molecular weight excluding hydrogens is 404 g/mol. The van der Waals surface area contributed by atoms with Gasteiger partial charge in [-0.3, -0.25) is 4.79 Å². The summed E-state index contributed by atoms with van der Waals surface area (Å²) in [5.41, 5.74) is 5.40. The van der Waals surface area contributed by atoms with Gasteiger partial charge in [-0.25, -0.2) is 4.98 Å². The molecule has 0 aliphatic heterocycles. The molecule has 1 atom stereocenters. The van der Waals surface area contributed by atoms with Gasteiger partial charge in [-0.15, -0.1) is 0 Å². The van der Waals surface area contributed by atoms with Crippen LogP contribution in [-0.2, 0) is 12.8 Å². The zero-order valence-electron chi connectivity index (χ0n) is 18.1. The highest BCUT2D eigenvalue weighted by Crippen LogP contribution is 2.31. The largest absolute Gasteiger partial charge is 0.493 e. The number of carbonyl (C=O) groups excluding carboxylic acids is 1. The molecule has 1 aliphatic rings. The second-order valence-corrected chi connectivity index (χ2v) is 7.92. The summed E-state index contributed by atoms with van der Waals surface area (Å²) in [5.74, 6) is 1.81. The van der Waals surface area contributed by atoms with Crippen LogP contribution in [0.4, 0.5) is 0 Å². The third kappa shape index (κ3) is 3.80. The highest BCUT2D eigenvalue weighted by Gasteiger charge is 2.24. The number of amides is 1. The van der Waals surface area contributed by atoms with Crippen molar-refractivity contribution in [3.63, 3.8) is 0 Å². The van der Waals surface area contributed by atoms with Gasteiger partial charge in [-0.05, 0) is 59.9 Å². The van der Waals surface area contributed by atoms with Crippen LogP contribution in [0.1, 0.15) is 45.4 Å². The molecule has 32 heavy (non-hydrogen) atoms. The number of benzene rings is 3. The van der Waals surface area contributed by atoms with E-state index in [0.29, 0.717) is 35.0 Å². The van der Waals surface area contributed by atoms with E-state index in [1.54, 1.807) is 26.4 Å². The van der Waals surface area contributed by atoms with E-state index in [-0.39, 0.29) is 11.9 Å². The topological polar surface area (TPSA) is 73.6 Å². The molecule has 6 nitrogen and oxygen atoms in total. The molecule has 3 aromatic carbocycles. The van der Waals surface area contributed by atoms with Crippen LogP contribution in [0.15, 0.2) is 65.1 Å². The molecule has 1 unspecified atom stereocenters. The van der Waals surface area contributed by atoms with Crippen LogP contribution in [-0.4, -0.2) is 25.1 Å². The van der Waals surface area contributed by atoms with Crippen molar-refractivity contribution in [2.75, 3.05) is 14.2 Å². The Kier molecular flexibility index (Phi) is 5.27. The number of oxazole rings is 1. The Labute approximate surface area is 186 Å². The molecule has 4 aromatic rings. The van der Waals surface area contributed by atoms with E-state index in [1.165, 1.54) is 11.1 Å². The second kappa shape index (κ2) is 8.38. The number of nitrogens with zero attached hydrogens (tertiary/aromatic N) is 1. The zero-order valence-corrected chi connectivity index (χ0v) is 18.1. The van der Waals surface area contributed by atoms with Crippen LogP contribution in [0.3, 0.4) is 0 Å². The molecule has 1 aromatic heterocycles. The Bertz CT molecular complexity index is 1290. The number of aromatic nitrogens is 1. The van der Waals surface area contributed by atoms with Gasteiger partial charge in [0.05, 0.1) is 20.3 Å². The maximum Gasteiger partial charge on any atom is 0.251 e. The standard InChI is InChI=1S/C26H24N2O4/c1-30-22-12-7-16(13-24(22)31-2)14-25-27-21-11-9-18(15-23(21)32-25)26(29)28-20-10-8-17-5-3-4-6-19(17)20/h3-7,9,11-13,15,20H,8,10,14H2,1-2H3,(H,28,29). The number of nitrogens with one attached hydrogen (secondary N) is 1. The molecule has 6 heteroatoms. The van der Waals surface area contributed by atoms with Crippen molar-refractivity contribution in [1.29, 1.82) is 0 Å². The first kappa shape index (κ1) is 20.1. The van der Waals surface area contributed by atoms with Crippen LogP contribution in [0, 0.1) is 0 Å². The lowest BCUT2D eigenvalue weighted by Gasteiger charge is -2.14. The molecule has 0 saturated carbocycles. The third-order valence-corrected chi connectivity index (χ3v) is 5.94. The first-order valence-electron chi connectivity index (χ1n) is 10.6. The molecule has 0 fully saturated rings. The normalized spacial score (nSPS) is 14.9. The van der Waals surface area contributed by atoms with Gasteiger partial charge >= 0.3 is 0 Å². The van der Waals surface area contributed by atoms with Crippen LogP contribution in [0.25, 0.3) is 11.1 Å². The molecule has 162 valence electrons. The predicted octanol–water partition coefficient (Wildman–Crippen LogP) is 4.85. The molecule has 0 radical (unpaired) electrons. The molecule has 0 bridgehead atoms. The number of aryl methyl sites for hydroxylation is 1. The van der Waals surface area contributed by atoms with Gasteiger partial charge in [0.1, 0.15) is 5.52 Å². The maximum absolute atomic E-state index is 12.9. The van der Waals surface area contributed by atoms with Crippen LogP contribution < -0.4 is 14.8 Å². The quantitative estimate of drug-likeness (QED) is 0.475. The zero-order chi connectivity index (χ0) is 22.1. The minimum Gasteiger partial charge on any atom is -0.493 e. The fourth-order valence-corrected chi connectivity index (χ4v) is 4.30. The molecule has 5 rings (SSSR count). The summed E-state index contributed by atoms with van der Waals surface area (Å²) >= 11 is 0. The fraction of sp³-hybridized carbons (Fsp3) is 0.231. The molecular formula is C26H24N2O4. The SMILES string of the molecule is COc1ccc(Cc2nc3ccc(C(=O)NC4CCc5ccccc54)cc3o2)cc1OC. The van der Waals surface area contributed by atoms with Crippen molar-refractivity contribution >= 4 is 17.0 Å². The Morgan fingerprint density at radius 3 is 2.75 bits per heavy atom. The molecule has 1 N–H and O–H groups in total. The van der Waals surface area contributed by atoms with Crippen molar-refractivity contribution < 1.29 is 18.7 Å². The van der Waals surface area contributed by atoms with E-state index >= 15 is 0 Å². The minimum absolute atomic E-state index is 0.0461. The number of hydrogen-bond acceptors (Lipinski definition) is 5. The van der Waals surface area contributed by atoms with E-state index in [2.05, 4.69) is 22.4 Å². The number of fused-ring (bicyclic) bond motifs is 2. The summed E-state index contributed by atoms with van der Waals surface area (Å²) in [5, 5.41) is 3.16. The minimum atomic E-state index is -0.105. The Balaban J connectivity index is 1.33. The van der Waals surface area contributed by atoms with Gasteiger partial charge in [0.2, 0.25) is 0 Å². The lowest BCUT2D eigenvalue weighted by molar-refractivity contribution is 0.0936. The van der Waals surface area contributed by atoms with Crippen LogP contribution in [0.2, 0.25) is 0 Å². The molecule has 0 spiro atoms. The van der Waals surface area contributed by atoms with E-state index < -0.39 is 0 Å². The number of rotatable bonds is 6. The number of methoxy groups -OCH3 is 2. The van der Waals surface area contributed by atoms with Crippen molar-refractivity contribution in [3.8, 4) is 11.5 Å². The third-order valence-electron chi connectivity index (χ3n) is 5.94. The van der Waals surface area contributed by atoms with Crippen LogP contribution >= 0.6 is 0 Å².